The van der Waals surface area contributed by atoms with Crippen molar-refractivity contribution in [2.24, 2.45) is 0 Å². The second-order valence-electron chi connectivity index (χ2n) is 4.39. The largest absolute Gasteiger partial charge is 0.377 e. The average Bonchev–Trinajstić information content (AvgIpc) is 2.37. The molecule has 0 aliphatic heterocycles. The summed E-state index contributed by atoms with van der Waals surface area (Å²) in [6.07, 6.45) is 1.53. The van der Waals surface area contributed by atoms with Crippen LogP contribution in [0.15, 0.2) is 23.2 Å². The van der Waals surface area contributed by atoms with Crippen LogP contribution in [-0.4, -0.2) is 39.7 Å². The number of anilines is 1. The van der Waals surface area contributed by atoms with E-state index in [-0.39, 0.29) is 11.4 Å². The van der Waals surface area contributed by atoms with Crippen molar-refractivity contribution in [3.8, 4) is 0 Å². The van der Waals surface area contributed by atoms with Gasteiger partial charge >= 0.3 is 0 Å². The Bertz CT molecular complexity index is 500. The van der Waals surface area contributed by atoms with Crippen LogP contribution >= 0.6 is 0 Å². The molecule has 0 aliphatic carbocycles. The number of methoxy groups -OCH3 is 1. The van der Waals surface area contributed by atoms with Crippen LogP contribution in [0.5, 0.6) is 0 Å². The summed E-state index contributed by atoms with van der Waals surface area (Å²) in [5, 5.41) is 2.75. The average molecular weight is 273 g/mol. The Balaban J connectivity index is 2.94. The maximum Gasteiger partial charge on any atom is 0.244 e. The van der Waals surface area contributed by atoms with E-state index in [2.05, 4.69) is 15.0 Å². The summed E-state index contributed by atoms with van der Waals surface area (Å²) >= 11 is 0. The van der Waals surface area contributed by atoms with Gasteiger partial charge in [-0.2, -0.15) is 0 Å². The number of pyridine rings is 1. The van der Waals surface area contributed by atoms with Gasteiger partial charge in [-0.3, -0.25) is 0 Å². The molecule has 1 rings (SSSR count). The number of nitrogens with zero attached hydrogens (tertiary/aromatic N) is 1. The molecule has 1 aromatic rings. The Kier molecular flexibility index (Phi) is 4.66. The molecule has 18 heavy (non-hydrogen) atoms. The number of hydrogen-bond donors (Lipinski definition) is 2. The zero-order valence-electron chi connectivity index (χ0n) is 11.0. The molecule has 0 aliphatic rings. The first-order valence-electron chi connectivity index (χ1n) is 5.50. The molecular weight excluding hydrogens is 254 g/mol. The topological polar surface area (TPSA) is 80.3 Å². The van der Waals surface area contributed by atoms with Gasteiger partial charge in [0.25, 0.3) is 0 Å². The number of sulfonamides is 1. The number of rotatable bonds is 6. The molecule has 0 fully saturated rings. The summed E-state index contributed by atoms with van der Waals surface area (Å²) in [7, 11) is -0.437. The number of aromatic nitrogens is 1. The van der Waals surface area contributed by atoms with E-state index in [1.54, 1.807) is 27.0 Å². The molecule has 0 amide bonds. The Labute approximate surface area is 108 Å². The second kappa shape index (κ2) is 5.64. The van der Waals surface area contributed by atoms with Gasteiger partial charge in [0.15, 0.2) is 0 Å². The third kappa shape index (κ3) is 3.66. The first-order valence-corrected chi connectivity index (χ1v) is 6.98. The second-order valence-corrected chi connectivity index (χ2v) is 6.12. The fraction of sp³-hybridized carbons (Fsp3) is 0.545. The standard InChI is InChI=1S/C11H19N3O3S/c1-11(2,17-4)8-14-18(15,16)9-6-5-7-13-10(9)12-3/h5-7,14H,8H2,1-4H3,(H,12,13). The highest BCUT2D eigenvalue weighted by Crippen LogP contribution is 2.17. The number of hydrogen-bond acceptors (Lipinski definition) is 5. The minimum absolute atomic E-state index is 0.124. The van der Waals surface area contributed by atoms with Crippen molar-refractivity contribution in [3.63, 3.8) is 0 Å². The highest BCUT2D eigenvalue weighted by Gasteiger charge is 2.23. The van der Waals surface area contributed by atoms with E-state index in [0.717, 1.165) is 0 Å². The molecule has 0 saturated heterocycles. The van der Waals surface area contributed by atoms with Crippen LogP contribution in [0.4, 0.5) is 5.82 Å². The summed E-state index contributed by atoms with van der Waals surface area (Å²) in [4.78, 5) is 4.09. The van der Waals surface area contributed by atoms with Gasteiger partial charge in [-0.05, 0) is 26.0 Å². The van der Waals surface area contributed by atoms with Gasteiger partial charge in [0, 0.05) is 26.9 Å². The molecule has 0 saturated carbocycles. The number of ether oxygens (including phenoxy) is 1. The quantitative estimate of drug-likeness (QED) is 0.802. The maximum atomic E-state index is 12.1. The lowest BCUT2D eigenvalue weighted by Gasteiger charge is -2.23. The molecular formula is C11H19N3O3S. The predicted octanol–water partition coefficient (Wildman–Crippen LogP) is 0.827. The fourth-order valence-corrected chi connectivity index (χ4v) is 2.57. The van der Waals surface area contributed by atoms with Crippen molar-refractivity contribution in [3.05, 3.63) is 18.3 Å². The van der Waals surface area contributed by atoms with Gasteiger partial charge in [0.2, 0.25) is 10.0 Å². The molecule has 0 atom stereocenters. The van der Waals surface area contributed by atoms with Gasteiger partial charge in [-0.25, -0.2) is 18.1 Å². The van der Waals surface area contributed by atoms with Crippen LogP contribution in [0.1, 0.15) is 13.8 Å². The normalized spacial score (nSPS) is 12.4. The van der Waals surface area contributed by atoms with Crippen molar-refractivity contribution in [1.29, 1.82) is 0 Å². The van der Waals surface area contributed by atoms with Crippen molar-refractivity contribution in [2.45, 2.75) is 24.3 Å². The highest BCUT2D eigenvalue weighted by molar-refractivity contribution is 7.89. The Morgan fingerprint density at radius 3 is 2.67 bits per heavy atom. The molecule has 0 bridgehead atoms. The Morgan fingerprint density at radius 1 is 1.44 bits per heavy atom. The zero-order valence-corrected chi connectivity index (χ0v) is 11.8. The lowest BCUT2D eigenvalue weighted by atomic mass is 10.1. The highest BCUT2D eigenvalue weighted by atomic mass is 32.2. The van der Waals surface area contributed by atoms with E-state index in [4.69, 9.17) is 4.74 Å². The molecule has 7 heteroatoms. The van der Waals surface area contributed by atoms with Crippen LogP contribution in [0.2, 0.25) is 0 Å². The van der Waals surface area contributed by atoms with Crippen molar-refractivity contribution in [1.82, 2.24) is 9.71 Å². The lowest BCUT2D eigenvalue weighted by molar-refractivity contribution is 0.0276. The summed E-state index contributed by atoms with van der Waals surface area (Å²) in [5.74, 6) is 0.320. The van der Waals surface area contributed by atoms with E-state index in [9.17, 15) is 8.42 Å². The van der Waals surface area contributed by atoms with Gasteiger partial charge < -0.3 is 10.1 Å². The van der Waals surface area contributed by atoms with Crippen LogP contribution in [0, 0.1) is 0 Å². The van der Waals surface area contributed by atoms with Crippen LogP contribution in [-0.2, 0) is 14.8 Å². The molecule has 2 N–H and O–H groups in total. The Hall–Kier alpha value is -1.18. The van der Waals surface area contributed by atoms with E-state index < -0.39 is 15.6 Å². The van der Waals surface area contributed by atoms with Crippen molar-refractivity contribution < 1.29 is 13.2 Å². The molecule has 1 heterocycles. The monoisotopic (exact) mass is 273 g/mol. The van der Waals surface area contributed by atoms with Gasteiger partial charge in [-0.1, -0.05) is 0 Å². The van der Waals surface area contributed by atoms with Crippen molar-refractivity contribution in [2.75, 3.05) is 26.0 Å². The van der Waals surface area contributed by atoms with E-state index in [0.29, 0.717) is 5.82 Å². The fourth-order valence-electron chi connectivity index (χ4n) is 1.21. The molecule has 102 valence electrons. The first kappa shape index (κ1) is 14.9. The number of nitrogens with one attached hydrogen (secondary N) is 2. The molecule has 1 aromatic heterocycles. The van der Waals surface area contributed by atoms with Crippen LogP contribution < -0.4 is 10.0 Å². The Morgan fingerprint density at radius 2 is 2.11 bits per heavy atom. The summed E-state index contributed by atoms with van der Waals surface area (Å²) in [6.45, 7) is 3.79. The van der Waals surface area contributed by atoms with E-state index in [1.165, 1.54) is 19.4 Å². The molecule has 6 nitrogen and oxygen atoms in total. The van der Waals surface area contributed by atoms with E-state index in [1.807, 2.05) is 0 Å². The molecule has 0 unspecified atom stereocenters. The first-order chi connectivity index (χ1) is 8.32. The molecule has 0 radical (unpaired) electrons. The summed E-state index contributed by atoms with van der Waals surface area (Å²) < 4.78 is 31.9. The SMILES string of the molecule is CNc1ncccc1S(=O)(=O)NCC(C)(C)OC. The van der Waals surface area contributed by atoms with E-state index >= 15 is 0 Å². The van der Waals surface area contributed by atoms with Crippen molar-refractivity contribution >= 4 is 15.8 Å². The minimum Gasteiger partial charge on any atom is -0.377 e. The third-order valence-corrected chi connectivity index (χ3v) is 3.97. The molecule has 0 aromatic carbocycles. The van der Waals surface area contributed by atoms with Gasteiger partial charge in [0.05, 0.1) is 5.60 Å². The lowest BCUT2D eigenvalue weighted by Crippen LogP contribution is -2.39. The van der Waals surface area contributed by atoms with Gasteiger partial charge in [0.1, 0.15) is 10.7 Å². The minimum atomic E-state index is -3.60. The zero-order chi connectivity index (χ0) is 13.8. The van der Waals surface area contributed by atoms with Crippen LogP contribution in [0.3, 0.4) is 0 Å². The summed E-state index contributed by atoms with van der Waals surface area (Å²) in [5.41, 5.74) is -0.560. The smallest absolute Gasteiger partial charge is 0.244 e. The van der Waals surface area contributed by atoms with Crippen LogP contribution in [0.25, 0.3) is 0 Å². The third-order valence-electron chi connectivity index (χ3n) is 2.54. The summed E-state index contributed by atoms with van der Waals surface area (Å²) in [6, 6.07) is 3.08. The predicted molar refractivity (Wildman–Crippen MR) is 70.1 cm³/mol. The van der Waals surface area contributed by atoms with Gasteiger partial charge in [-0.15, -0.1) is 0 Å². The molecule has 0 spiro atoms. The maximum absolute atomic E-state index is 12.1.